The fraction of sp³-hybridized carbons (Fsp3) is 0. The van der Waals surface area contributed by atoms with Crippen LogP contribution in [-0.2, 0) is 9.84 Å². The lowest BCUT2D eigenvalue weighted by Crippen LogP contribution is -2.02. The maximum atomic E-state index is 12.7. The maximum Gasteiger partial charge on any atom is 0.270 e. The molecule has 0 fully saturated rings. The van der Waals surface area contributed by atoms with Crippen LogP contribution in [0.5, 0.6) is 0 Å². The molecule has 0 saturated carbocycles. The molecule has 3 aromatic rings. The van der Waals surface area contributed by atoms with Crippen LogP contribution in [0.25, 0.3) is 11.0 Å². The second-order valence-electron chi connectivity index (χ2n) is 4.46. The number of non-ortho nitro benzene ring substituents is 1. The summed E-state index contributed by atoms with van der Waals surface area (Å²) in [6.07, 6.45) is 2.69. The number of H-pyrrole nitrogens is 1. The topological polar surface area (TPSA) is 106 Å². The first kappa shape index (κ1) is 14.5. The second kappa shape index (κ2) is 5.08. The quantitative estimate of drug-likeness (QED) is 0.584. The van der Waals surface area contributed by atoms with E-state index < -0.39 is 14.8 Å². The Hall–Kier alpha value is -2.45. The van der Waals surface area contributed by atoms with Crippen molar-refractivity contribution < 1.29 is 13.3 Å². The summed E-state index contributed by atoms with van der Waals surface area (Å²) >= 11 is 5.85. The van der Waals surface area contributed by atoms with Gasteiger partial charge in [-0.05, 0) is 12.1 Å². The Morgan fingerprint density at radius 3 is 2.77 bits per heavy atom. The van der Waals surface area contributed by atoms with Gasteiger partial charge in [0.1, 0.15) is 5.65 Å². The molecule has 0 spiro atoms. The van der Waals surface area contributed by atoms with Gasteiger partial charge in [0.25, 0.3) is 5.69 Å². The number of aromatic amines is 1. The van der Waals surface area contributed by atoms with Gasteiger partial charge in [-0.2, -0.15) is 0 Å². The van der Waals surface area contributed by atoms with Crippen molar-refractivity contribution in [1.82, 2.24) is 9.97 Å². The van der Waals surface area contributed by atoms with E-state index in [4.69, 9.17) is 11.6 Å². The van der Waals surface area contributed by atoms with E-state index in [0.717, 1.165) is 6.07 Å². The number of hydrogen-bond donors (Lipinski definition) is 1. The third-order valence-corrected chi connectivity index (χ3v) is 5.09. The predicted octanol–water partition coefficient (Wildman–Crippen LogP) is 2.96. The number of pyridine rings is 1. The summed E-state index contributed by atoms with van der Waals surface area (Å²) in [5, 5.41) is 11.4. The Labute approximate surface area is 129 Å². The van der Waals surface area contributed by atoms with E-state index in [1.54, 1.807) is 0 Å². The first-order valence-corrected chi connectivity index (χ1v) is 7.88. The normalized spacial score (nSPS) is 11.7. The standard InChI is InChI=1S/C13H8ClN3O4S/c14-8-4-11-12(7-16-13(11)15-6-8)22(20,21)10-3-1-2-9(5-10)17(18)19/h1-7H,(H,15,16). The Balaban J connectivity index is 2.22. The number of rotatable bonds is 3. The smallest absolute Gasteiger partial charge is 0.270 e. The molecule has 3 rings (SSSR count). The van der Waals surface area contributed by atoms with E-state index in [0.29, 0.717) is 16.1 Å². The average Bonchev–Trinajstić information content (AvgIpc) is 2.91. The third kappa shape index (κ3) is 2.32. The zero-order valence-electron chi connectivity index (χ0n) is 10.9. The number of hydrogen-bond acceptors (Lipinski definition) is 5. The van der Waals surface area contributed by atoms with Gasteiger partial charge >= 0.3 is 0 Å². The van der Waals surface area contributed by atoms with Crippen LogP contribution in [0.15, 0.2) is 52.5 Å². The first-order chi connectivity index (χ1) is 10.4. The first-order valence-electron chi connectivity index (χ1n) is 6.02. The number of halogens is 1. The molecule has 112 valence electrons. The van der Waals surface area contributed by atoms with Gasteiger partial charge in [-0.25, -0.2) is 13.4 Å². The predicted molar refractivity (Wildman–Crippen MR) is 79.7 cm³/mol. The Bertz CT molecular complexity index is 997. The van der Waals surface area contributed by atoms with Crippen molar-refractivity contribution in [3.8, 4) is 0 Å². The van der Waals surface area contributed by atoms with E-state index in [-0.39, 0.29) is 15.5 Å². The van der Waals surface area contributed by atoms with Crippen molar-refractivity contribution in [2.45, 2.75) is 9.79 Å². The van der Waals surface area contributed by atoms with Gasteiger partial charge in [-0.1, -0.05) is 17.7 Å². The highest BCUT2D eigenvalue weighted by Crippen LogP contribution is 2.30. The monoisotopic (exact) mass is 337 g/mol. The Morgan fingerprint density at radius 2 is 2.05 bits per heavy atom. The summed E-state index contributed by atoms with van der Waals surface area (Å²) in [4.78, 5) is 16.7. The molecule has 0 bridgehead atoms. The van der Waals surface area contributed by atoms with Crippen LogP contribution in [0.1, 0.15) is 0 Å². The minimum atomic E-state index is -3.93. The van der Waals surface area contributed by atoms with Gasteiger partial charge in [-0.15, -0.1) is 0 Å². The van der Waals surface area contributed by atoms with Gasteiger partial charge in [0.15, 0.2) is 0 Å². The molecule has 1 N–H and O–H groups in total. The SMILES string of the molecule is O=[N+]([O-])c1cccc(S(=O)(=O)c2c[nH]c3ncc(Cl)cc23)c1. The van der Waals surface area contributed by atoms with Crippen molar-refractivity contribution in [3.05, 3.63) is 57.9 Å². The molecule has 0 amide bonds. The molecule has 9 heteroatoms. The number of nitro groups is 1. The fourth-order valence-electron chi connectivity index (χ4n) is 2.07. The lowest BCUT2D eigenvalue weighted by Gasteiger charge is -2.03. The molecule has 0 radical (unpaired) electrons. The van der Waals surface area contributed by atoms with Crippen LogP contribution in [0.4, 0.5) is 5.69 Å². The van der Waals surface area contributed by atoms with E-state index in [1.165, 1.54) is 36.7 Å². The van der Waals surface area contributed by atoms with Crippen LogP contribution in [0.3, 0.4) is 0 Å². The summed E-state index contributed by atoms with van der Waals surface area (Å²) in [5.41, 5.74) is 0.0745. The van der Waals surface area contributed by atoms with Crippen molar-refractivity contribution >= 4 is 38.2 Å². The minimum absolute atomic E-state index is 0.0296. The number of nitro benzene ring substituents is 1. The van der Waals surface area contributed by atoms with Crippen LogP contribution >= 0.6 is 11.6 Å². The van der Waals surface area contributed by atoms with Gasteiger partial charge in [0.2, 0.25) is 9.84 Å². The summed E-state index contributed by atoms with van der Waals surface area (Å²) in [7, 11) is -3.93. The molecule has 7 nitrogen and oxygen atoms in total. The Morgan fingerprint density at radius 1 is 1.27 bits per heavy atom. The van der Waals surface area contributed by atoms with Gasteiger partial charge in [0.05, 0.1) is 19.7 Å². The van der Waals surface area contributed by atoms with Crippen LogP contribution in [-0.4, -0.2) is 23.3 Å². The number of nitrogens with zero attached hydrogens (tertiary/aromatic N) is 2. The summed E-state index contributed by atoms with van der Waals surface area (Å²) < 4.78 is 25.4. The van der Waals surface area contributed by atoms with E-state index >= 15 is 0 Å². The molecule has 0 aliphatic rings. The number of sulfone groups is 1. The summed E-state index contributed by atoms with van der Waals surface area (Å²) in [6.45, 7) is 0. The fourth-order valence-corrected chi connectivity index (χ4v) is 3.67. The lowest BCUT2D eigenvalue weighted by atomic mass is 10.3. The van der Waals surface area contributed by atoms with Gasteiger partial charge in [0, 0.05) is 29.9 Å². The second-order valence-corrected chi connectivity index (χ2v) is 6.82. The number of benzene rings is 1. The van der Waals surface area contributed by atoms with E-state index in [9.17, 15) is 18.5 Å². The van der Waals surface area contributed by atoms with Gasteiger partial charge in [-0.3, -0.25) is 10.1 Å². The highest BCUT2D eigenvalue weighted by atomic mass is 35.5. The highest BCUT2D eigenvalue weighted by Gasteiger charge is 2.24. The van der Waals surface area contributed by atoms with E-state index in [1.807, 2.05) is 0 Å². The lowest BCUT2D eigenvalue weighted by molar-refractivity contribution is -0.385. The largest absolute Gasteiger partial charge is 0.345 e. The van der Waals surface area contributed by atoms with Crippen molar-refractivity contribution in [2.24, 2.45) is 0 Å². The molecule has 1 aromatic carbocycles. The maximum absolute atomic E-state index is 12.7. The zero-order chi connectivity index (χ0) is 15.9. The minimum Gasteiger partial charge on any atom is -0.345 e. The number of nitrogens with one attached hydrogen (secondary N) is 1. The third-order valence-electron chi connectivity index (χ3n) is 3.09. The Kier molecular flexibility index (Phi) is 3.34. The van der Waals surface area contributed by atoms with Crippen LogP contribution < -0.4 is 0 Å². The molecule has 0 saturated heterocycles. The highest BCUT2D eigenvalue weighted by molar-refractivity contribution is 7.91. The van der Waals surface area contributed by atoms with Crippen LogP contribution in [0.2, 0.25) is 5.02 Å². The van der Waals surface area contributed by atoms with E-state index in [2.05, 4.69) is 9.97 Å². The van der Waals surface area contributed by atoms with Gasteiger partial charge < -0.3 is 4.98 Å². The average molecular weight is 338 g/mol. The number of aromatic nitrogens is 2. The molecule has 0 atom stereocenters. The van der Waals surface area contributed by atoms with Crippen molar-refractivity contribution in [3.63, 3.8) is 0 Å². The van der Waals surface area contributed by atoms with Crippen molar-refractivity contribution in [1.29, 1.82) is 0 Å². The molecular formula is C13H8ClN3O4S. The summed E-state index contributed by atoms with van der Waals surface area (Å²) in [5.74, 6) is 0. The molecule has 0 unspecified atom stereocenters. The molecule has 2 aromatic heterocycles. The molecular weight excluding hydrogens is 330 g/mol. The molecule has 2 heterocycles. The van der Waals surface area contributed by atoms with Crippen LogP contribution in [0, 0.1) is 10.1 Å². The molecule has 0 aliphatic heterocycles. The zero-order valence-corrected chi connectivity index (χ0v) is 12.4. The van der Waals surface area contributed by atoms with Crippen molar-refractivity contribution in [2.75, 3.05) is 0 Å². The summed E-state index contributed by atoms with van der Waals surface area (Å²) in [6, 6.07) is 6.35. The number of fused-ring (bicyclic) bond motifs is 1. The molecule has 22 heavy (non-hydrogen) atoms. The molecule has 0 aliphatic carbocycles.